The minimum absolute atomic E-state index is 0.553. The molecule has 0 atom stereocenters. The Bertz CT molecular complexity index is 741. The van der Waals surface area contributed by atoms with E-state index in [0.717, 1.165) is 56.9 Å². The van der Waals surface area contributed by atoms with Gasteiger partial charge in [-0.25, -0.2) is 4.79 Å². The molecule has 1 saturated heterocycles. The zero-order chi connectivity index (χ0) is 20.2. The summed E-state index contributed by atoms with van der Waals surface area (Å²) in [6.07, 6.45) is 9.15. The molecule has 0 aromatic heterocycles. The molecule has 158 valence electrons. The third-order valence-corrected chi connectivity index (χ3v) is 7.45. The Kier molecular flexibility index (Phi) is 6.59. The van der Waals surface area contributed by atoms with Crippen LogP contribution in [-0.4, -0.2) is 48.7 Å². The summed E-state index contributed by atoms with van der Waals surface area (Å²) in [5, 5.41) is 9.43. The van der Waals surface area contributed by atoms with Crippen molar-refractivity contribution >= 4 is 11.7 Å². The van der Waals surface area contributed by atoms with Gasteiger partial charge in [0.15, 0.2) is 0 Å². The van der Waals surface area contributed by atoms with Crippen molar-refractivity contribution in [2.24, 2.45) is 11.8 Å². The highest BCUT2D eigenvalue weighted by Gasteiger charge is 2.30. The number of carbonyl (C=O) groups is 1. The number of hydrogen-bond acceptors (Lipinski definition) is 3. The number of anilines is 1. The van der Waals surface area contributed by atoms with E-state index >= 15 is 0 Å². The van der Waals surface area contributed by atoms with Crippen LogP contribution < -0.4 is 4.90 Å². The fraction of sp³-hybridized carbons (Fsp3) is 0.640. The van der Waals surface area contributed by atoms with Crippen LogP contribution in [0, 0.1) is 18.8 Å². The highest BCUT2D eigenvalue weighted by molar-refractivity contribution is 5.88. The third kappa shape index (κ3) is 5.03. The quantitative estimate of drug-likeness (QED) is 0.744. The van der Waals surface area contributed by atoms with E-state index in [4.69, 9.17) is 0 Å². The number of nitrogens with zero attached hydrogens (tertiary/aromatic N) is 2. The predicted molar refractivity (Wildman–Crippen MR) is 118 cm³/mol. The Hall–Kier alpha value is -1.81. The minimum atomic E-state index is -0.663. The molecule has 0 unspecified atom stereocenters. The van der Waals surface area contributed by atoms with E-state index in [1.165, 1.54) is 55.5 Å². The van der Waals surface area contributed by atoms with Crippen molar-refractivity contribution in [2.75, 3.05) is 37.6 Å². The van der Waals surface area contributed by atoms with Crippen LogP contribution in [0.4, 0.5) is 5.69 Å². The van der Waals surface area contributed by atoms with E-state index in [2.05, 4.69) is 41.0 Å². The van der Waals surface area contributed by atoms with Crippen LogP contribution >= 0.6 is 0 Å². The van der Waals surface area contributed by atoms with E-state index in [-0.39, 0.29) is 0 Å². The number of carboxylic acid groups (broad SMARTS) is 1. The summed E-state index contributed by atoms with van der Waals surface area (Å²) in [5.41, 5.74) is 4.75. The Balaban J connectivity index is 1.19. The van der Waals surface area contributed by atoms with Crippen LogP contribution in [-0.2, 0) is 4.79 Å². The second-order valence-corrected chi connectivity index (χ2v) is 9.34. The van der Waals surface area contributed by atoms with Gasteiger partial charge in [0.25, 0.3) is 0 Å². The van der Waals surface area contributed by atoms with Crippen LogP contribution in [0.25, 0.3) is 0 Å². The van der Waals surface area contributed by atoms with Crippen molar-refractivity contribution in [3.05, 3.63) is 41.0 Å². The molecule has 1 saturated carbocycles. The van der Waals surface area contributed by atoms with E-state index in [9.17, 15) is 9.90 Å². The fourth-order valence-corrected chi connectivity index (χ4v) is 5.68. The number of piperazine rings is 1. The summed E-state index contributed by atoms with van der Waals surface area (Å²) in [7, 11) is 0. The zero-order valence-corrected chi connectivity index (χ0v) is 17.9. The van der Waals surface area contributed by atoms with Crippen LogP contribution in [0.3, 0.4) is 0 Å². The molecule has 0 amide bonds. The van der Waals surface area contributed by atoms with Crippen molar-refractivity contribution in [3.63, 3.8) is 0 Å². The Morgan fingerprint density at radius 2 is 1.83 bits per heavy atom. The second-order valence-electron chi connectivity index (χ2n) is 9.34. The lowest BCUT2D eigenvalue weighted by Gasteiger charge is -2.37. The van der Waals surface area contributed by atoms with E-state index in [1.807, 2.05) is 0 Å². The molecule has 1 aromatic rings. The summed E-state index contributed by atoms with van der Waals surface area (Å²) >= 11 is 0. The first-order chi connectivity index (χ1) is 14.1. The van der Waals surface area contributed by atoms with Gasteiger partial charge >= 0.3 is 5.97 Å². The van der Waals surface area contributed by atoms with Gasteiger partial charge in [0.1, 0.15) is 0 Å². The van der Waals surface area contributed by atoms with Crippen LogP contribution in [0.1, 0.15) is 56.9 Å². The van der Waals surface area contributed by atoms with Gasteiger partial charge in [0, 0.05) is 37.4 Å². The molecule has 3 aliphatic rings. The molecular formula is C25H36N2O2. The third-order valence-electron chi connectivity index (χ3n) is 7.45. The summed E-state index contributed by atoms with van der Waals surface area (Å²) in [6.45, 7) is 7.97. The van der Waals surface area contributed by atoms with Crippen LogP contribution in [0.2, 0.25) is 0 Å². The van der Waals surface area contributed by atoms with Crippen molar-refractivity contribution in [1.82, 2.24) is 4.90 Å². The van der Waals surface area contributed by atoms with E-state index in [0.29, 0.717) is 5.92 Å². The van der Waals surface area contributed by atoms with E-state index < -0.39 is 5.97 Å². The number of benzene rings is 1. The average molecular weight is 397 g/mol. The lowest BCUT2D eigenvalue weighted by molar-refractivity contribution is -0.132. The van der Waals surface area contributed by atoms with E-state index in [1.54, 1.807) is 0 Å². The standard InChI is InChI=1S/C25H36N2O2/c1-19-4-2-5-22(18-19)27-16-14-26(15-17-27)13-12-20-8-10-21(11-9-20)23-6-3-7-24(23)25(28)29/h2,4-5,18,20-21H,3,6-17H2,1H3,(H,28,29). The van der Waals surface area contributed by atoms with Crippen molar-refractivity contribution < 1.29 is 9.90 Å². The van der Waals surface area contributed by atoms with Gasteiger partial charge in [-0.1, -0.05) is 17.7 Å². The normalized spacial score (nSPS) is 26.2. The van der Waals surface area contributed by atoms with Gasteiger partial charge in [-0.05, 0) is 94.4 Å². The lowest BCUT2D eigenvalue weighted by Crippen LogP contribution is -2.47. The maximum Gasteiger partial charge on any atom is 0.331 e. The topological polar surface area (TPSA) is 43.8 Å². The van der Waals surface area contributed by atoms with Crippen LogP contribution in [0.15, 0.2) is 35.4 Å². The molecule has 1 N–H and O–H groups in total. The van der Waals surface area contributed by atoms with Gasteiger partial charge in [0.2, 0.25) is 0 Å². The van der Waals surface area contributed by atoms with Gasteiger partial charge in [-0.2, -0.15) is 0 Å². The molecule has 2 fully saturated rings. The first-order valence-corrected chi connectivity index (χ1v) is 11.6. The highest BCUT2D eigenvalue weighted by Crippen LogP contribution is 2.41. The largest absolute Gasteiger partial charge is 0.478 e. The van der Waals surface area contributed by atoms with Gasteiger partial charge in [-0.15, -0.1) is 0 Å². The maximum atomic E-state index is 11.5. The Morgan fingerprint density at radius 3 is 2.52 bits per heavy atom. The first kappa shape index (κ1) is 20.5. The summed E-state index contributed by atoms with van der Waals surface area (Å²) in [5.74, 6) is 0.721. The van der Waals surface area contributed by atoms with Crippen LogP contribution in [0.5, 0.6) is 0 Å². The molecule has 4 nitrogen and oxygen atoms in total. The molecule has 4 rings (SSSR count). The van der Waals surface area contributed by atoms with Gasteiger partial charge < -0.3 is 10.0 Å². The molecule has 1 heterocycles. The fourth-order valence-electron chi connectivity index (χ4n) is 5.68. The first-order valence-electron chi connectivity index (χ1n) is 11.6. The number of aryl methyl sites for hydroxylation is 1. The summed E-state index contributed by atoms with van der Waals surface area (Å²) in [6, 6.07) is 8.86. The van der Waals surface area contributed by atoms with Crippen molar-refractivity contribution in [2.45, 2.75) is 58.3 Å². The maximum absolute atomic E-state index is 11.5. The molecule has 2 aliphatic carbocycles. The zero-order valence-electron chi connectivity index (χ0n) is 17.9. The average Bonchev–Trinajstić information content (AvgIpc) is 3.23. The Labute approximate surface area is 175 Å². The number of allylic oxidation sites excluding steroid dienone is 1. The number of aliphatic carboxylic acids is 1. The smallest absolute Gasteiger partial charge is 0.331 e. The summed E-state index contributed by atoms with van der Waals surface area (Å²) in [4.78, 5) is 16.6. The molecule has 1 aromatic carbocycles. The number of rotatable bonds is 6. The predicted octanol–water partition coefficient (Wildman–Crippen LogP) is 4.88. The van der Waals surface area contributed by atoms with Gasteiger partial charge in [-0.3, -0.25) is 4.90 Å². The van der Waals surface area contributed by atoms with Gasteiger partial charge in [0.05, 0.1) is 0 Å². The summed E-state index contributed by atoms with van der Waals surface area (Å²) < 4.78 is 0. The molecule has 29 heavy (non-hydrogen) atoms. The number of carboxylic acids is 1. The Morgan fingerprint density at radius 1 is 1.07 bits per heavy atom. The SMILES string of the molecule is Cc1cccc(N2CCN(CCC3CCC(C4=C(C(=O)O)CCC4)CC3)CC2)c1. The number of hydrogen-bond donors (Lipinski definition) is 1. The second kappa shape index (κ2) is 9.34. The molecular weight excluding hydrogens is 360 g/mol. The molecule has 4 heteroatoms. The molecule has 0 bridgehead atoms. The highest BCUT2D eigenvalue weighted by atomic mass is 16.4. The minimum Gasteiger partial charge on any atom is -0.478 e. The molecule has 0 spiro atoms. The lowest BCUT2D eigenvalue weighted by atomic mass is 9.76. The van der Waals surface area contributed by atoms with Crippen molar-refractivity contribution in [3.8, 4) is 0 Å². The monoisotopic (exact) mass is 396 g/mol. The molecule has 1 aliphatic heterocycles. The molecule has 0 radical (unpaired) electrons. The van der Waals surface area contributed by atoms with Crippen molar-refractivity contribution in [1.29, 1.82) is 0 Å².